The first-order chi connectivity index (χ1) is 13.7. The van der Waals surface area contributed by atoms with Gasteiger partial charge in [0.05, 0.1) is 10.4 Å². The van der Waals surface area contributed by atoms with Crippen molar-refractivity contribution in [3.63, 3.8) is 0 Å². The molecule has 0 spiro atoms. The Hall–Kier alpha value is -3.50. The highest BCUT2D eigenvalue weighted by Crippen LogP contribution is 2.34. The van der Waals surface area contributed by atoms with Gasteiger partial charge in [0.2, 0.25) is 5.78 Å². The number of carbonyl (C=O) groups is 2. The quantitative estimate of drug-likeness (QED) is 0.418. The SMILES string of the molecule is O=C(c1ccccc1)c1cc(C(=O)c2ccccc2)c(Nc2ccccc2)s1. The Balaban J connectivity index is 1.75. The monoisotopic (exact) mass is 383 g/mol. The van der Waals surface area contributed by atoms with Crippen LogP contribution in [0.4, 0.5) is 10.7 Å². The van der Waals surface area contributed by atoms with Gasteiger partial charge >= 0.3 is 0 Å². The van der Waals surface area contributed by atoms with Gasteiger partial charge in [-0.05, 0) is 18.2 Å². The third-order valence-corrected chi connectivity index (χ3v) is 5.35. The second kappa shape index (κ2) is 8.03. The van der Waals surface area contributed by atoms with E-state index in [0.717, 1.165) is 5.69 Å². The summed E-state index contributed by atoms with van der Waals surface area (Å²) >= 11 is 1.30. The highest BCUT2D eigenvalue weighted by Gasteiger charge is 2.21. The Morgan fingerprint density at radius 3 is 1.71 bits per heavy atom. The Kier molecular flexibility index (Phi) is 5.13. The molecule has 4 heteroatoms. The Labute approximate surface area is 167 Å². The molecule has 0 amide bonds. The van der Waals surface area contributed by atoms with Crippen LogP contribution in [-0.2, 0) is 0 Å². The van der Waals surface area contributed by atoms with Crippen molar-refractivity contribution in [3.8, 4) is 0 Å². The van der Waals surface area contributed by atoms with Gasteiger partial charge in [-0.3, -0.25) is 9.59 Å². The molecule has 3 nitrogen and oxygen atoms in total. The zero-order valence-electron chi connectivity index (χ0n) is 15.0. The minimum atomic E-state index is -0.109. The van der Waals surface area contributed by atoms with Crippen LogP contribution in [0.25, 0.3) is 0 Å². The topological polar surface area (TPSA) is 46.2 Å². The van der Waals surface area contributed by atoms with Crippen molar-refractivity contribution in [2.24, 2.45) is 0 Å². The molecule has 136 valence electrons. The van der Waals surface area contributed by atoms with E-state index in [4.69, 9.17) is 0 Å². The average molecular weight is 383 g/mol. The largest absolute Gasteiger partial charge is 0.347 e. The number of rotatable bonds is 6. The summed E-state index contributed by atoms with van der Waals surface area (Å²) in [6.45, 7) is 0. The summed E-state index contributed by atoms with van der Waals surface area (Å²) in [5, 5.41) is 3.96. The normalized spacial score (nSPS) is 10.4. The predicted molar refractivity (Wildman–Crippen MR) is 114 cm³/mol. The molecule has 0 fully saturated rings. The minimum Gasteiger partial charge on any atom is -0.347 e. The number of carbonyl (C=O) groups excluding carboxylic acids is 2. The molecule has 28 heavy (non-hydrogen) atoms. The maximum atomic E-state index is 13.1. The second-order valence-corrected chi connectivity index (χ2v) is 7.29. The number of ketones is 2. The molecule has 1 aromatic heterocycles. The van der Waals surface area contributed by atoms with Crippen molar-refractivity contribution in [2.75, 3.05) is 5.32 Å². The van der Waals surface area contributed by atoms with E-state index in [1.54, 1.807) is 30.3 Å². The molecule has 0 aliphatic carbocycles. The van der Waals surface area contributed by atoms with Gasteiger partial charge < -0.3 is 5.32 Å². The van der Waals surface area contributed by atoms with Gasteiger partial charge in [-0.25, -0.2) is 0 Å². The highest BCUT2D eigenvalue weighted by molar-refractivity contribution is 7.18. The van der Waals surface area contributed by atoms with Crippen LogP contribution >= 0.6 is 11.3 Å². The third kappa shape index (κ3) is 3.77. The summed E-state index contributed by atoms with van der Waals surface area (Å²) in [5.74, 6) is -0.198. The molecule has 0 bridgehead atoms. The lowest BCUT2D eigenvalue weighted by Crippen LogP contribution is -2.03. The molecule has 1 N–H and O–H groups in total. The van der Waals surface area contributed by atoms with Gasteiger partial charge in [0.1, 0.15) is 5.00 Å². The van der Waals surface area contributed by atoms with E-state index in [0.29, 0.717) is 26.6 Å². The number of thiophene rings is 1. The molecule has 0 unspecified atom stereocenters. The Bertz CT molecular complexity index is 1100. The maximum Gasteiger partial charge on any atom is 0.203 e. The van der Waals surface area contributed by atoms with Gasteiger partial charge in [-0.1, -0.05) is 78.9 Å². The summed E-state index contributed by atoms with van der Waals surface area (Å²) in [6, 6.07) is 29.5. The van der Waals surface area contributed by atoms with Crippen LogP contribution in [0.1, 0.15) is 31.2 Å². The molecule has 0 saturated carbocycles. The van der Waals surface area contributed by atoms with Gasteiger partial charge in [0, 0.05) is 16.8 Å². The van der Waals surface area contributed by atoms with Crippen LogP contribution in [0, 0.1) is 0 Å². The zero-order chi connectivity index (χ0) is 19.3. The van der Waals surface area contributed by atoms with Crippen molar-refractivity contribution < 1.29 is 9.59 Å². The lowest BCUT2D eigenvalue weighted by molar-refractivity contribution is 0.103. The Morgan fingerprint density at radius 1 is 0.643 bits per heavy atom. The first-order valence-electron chi connectivity index (χ1n) is 8.88. The van der Waals surface area contributed by atoms with Crippen LogP contribution < -0.4 is 5.32 Å². The molecule has 4 aromatic rings. The fourth-order valence-corrected chi connectivity index (χ4v) is 3.93. The summed E-state index contributed by atoms with van der Waals surface area (Å²) in [7, 11) is 0. The molecule has 4 rings (SSSR count). The van der Waals surface area contributed by atoms with Crippen LogP contribution in [0.5, 0.6) is 0 Å². The van der Waals surface area contributed by atoms with E-state index in [-0.39, 0.29) is 11.6 Å². The standard InChI is InChI=1S/C24H17NO2S/c26-22(17-10-4-1-5-11-17)20-16-21(23(27)18-12-6-2-7-13-18)28-24(20)25-19-14-8-3-9-15-19/h1-16,25H. The minimum absolute atomic E-state index is 0.0891. The lowest BCUT2D eigenvalue weighted by atomic mass is 10.0. The smallest absolute Gasteiger partial charge is 0.203 e. The molecular formula is C24H17NO2S. The summed E-state index contributed by atoms with van der Waals surface area (Å²) in [6.07, 6.45) is 0. The van der Waals surface area contributed by atoms with E-state index in [1.165, 1.54) is 11.3 Å². The molecule has 0 radical (unpaired) electrons. The lowest BCUT2D eigenvalue weighted by Gasteiger charge is -2.06. The number of hydrogen-bond acceptors (Lipinski definition) is 4. The number of para-hydroxylation sites is 1. The average Bonchev–Trinajstić information content (AvgIpc) is 3.18. The summed E-state index contributed by atoms with van der Waals surface area (Å²) < 4.78 is 0. The van der Waals surface area contributed by atoms with Crippen LogP contribution in [-0.4, -0.2) is 11.6 Å². The highest BCUT2D eigenvalue weighted by atomic mass is 32.1. The second-order valence-electron chi connectivity index (χ2n) is 6.23. The first kappa shape index (κ1) is 17.9. The number of anilines is 2. The molecule has 0 aliphatic rings. The first-order valence-corrected chi connectivity index (χ1v) is 9.69. The molecule has 3 aromatic carbocycles. The molecule has 0 saturated heterocycles. The molecular weight excluding hydrogens is 366 g/mol. The van der Waals surface area contributed by atoms with Gasteiger partial charge in [-0.2, -0.15) is 0 Å². The van der Waals surface area contributed by atoms with E-state index >= 15 is 0 Å². The van der Waals surface area contributed by atoms with E-state index in [2.05, 4.69) is 5.32 Å². The number of benzene rings is 3. The van der Waals surface area contributed by atoms with Gasteiger partial charge in [-0.15, -0.1) is 11.3 Å². The van der Waals surface area contributed by atoms with Gasteiger partial charge in [0.25, 0.3) is 0 Å². The van der Waals surface area contributed by atoms with Crippen molar-refractivity contribution in [1.82, 2.24) is 0 Å². The zero-order valence-corrected chi connectivity index (χ0v) is 15.8. The van der Waals surface area contributed by atoms with Gasteiger partial charge in [0.15, 0.2) is 5.78 Å². The van der Waals surface area contributed by atoms with Crippen molar-refractivity contribution in [1.29, 1.82) is 0 Å². The summed E-state index contributed by atoms with van der Waals surface area (Å²) in [5.41, 5.74) is 2.56. The van der Waals surface area contributed by atoms with Crippen LogP contribution in [0.15, 0.2) is 97.1 Å². The number of hydrogen-bond donors (Lipinski definition) is 1. The van der Waals surface area contributed by atoms with E-state index < -0.39 is 0 Å². The van der Waals surface area contributed by atoms with Crippen LogP contribution in [0.3, 0.4) is 0 Å². The molecule has 0 atom stereocenters. The fourth-order valence-electron chi connectivity index (χ4n) is 2.89. The van der Waals surface area contributed by atoms with Crippen molar-refractivity contribution in [2.45, 2.75) is 0 Å². The predicted octanol–water partition coefficient (Wildman–Crippen LogP) is 5.95. The van der Waals surface area contributed by atoms with Crippen LogP contribution in [0.2, 0.25) is 0 Å². The van der Waals surface area contributed by atoms with E-state index in [1.807, 2.05) is 66.7 Å². The summed E-state index contributed by atoms with van der Waals surface area (Å²) in [4.78, 5) is 26.5. The molecule has 1 heterocycles. The fraction of sp³-hybridized carbons (Fsp3) is 0. The maximum absolute atomic E-state index is 13.1. The van der Waals surface area contributed by atoms with E-state index in [9.17, 15) is 9.59 Å². The van der Waals surface area contributed by atoms with Crippen molar-refractivity contribution in [3.05, 3.63) is 119 Å². The molecule has 0 aliphatic heterocycles. The third-order valence-electron chi connectivity index (χ3n) is 4.30. The number of nitrogens with one attached hydrogen (secondary N) is 1. The Morgan fingerprint density at radius 2 is 1.14 bits per heavy atom. The van der Waals surface area contributed by atoms with Crippen molar-refractivity contribution >= 4 is 33.6 Å².